The Hall–Kier alpha value is -2.57. The van der Waals surface area contributed by atoms with E-state index < -0.39 is 0 Å². The van der Waals surface area contributed by atoms with E-state index in [1.165, 1.54) is 11.3 Å². The lowest BCUT2D eigenvalue weighted by atomic mass is 10.1. The Labute approximate surface area is 146 Å². The van der Waals surface area contributed by atoms with E-state index >= 15 is 0 Å². The van der Waals surface area contributed by atoms with Gasteiger partial charge in [0.25, 0.3) is 5.91 Å². The fraction of sp³-hybridized carbons (Fsp3) is 0.0556. The van der Waals surface area contributed by atoms with Crippen molar-refractivity contribution < 1.29 is 4.79 Å². The smallest absolute Gasteiger partial charge is 0.257 e. The fourth-order valence-corrected chi connectivity index (χ4v) is 3.86. The van der Waals surface area contributed by atoms with E-state index in [-0.39, 0.29) is 5.91 Å². The molecule has 0 aliphatic carbocycles. The highest BCUT2D eigenvalue weighted by molar-refractivity contribution is 7.16. The van der Waals surface area contributed by atoms with Gasteiger partial charge in [-0.15, -0.1) is 22.7 Å². The van der Waals surface area contributed by atoms with Gasteiger partial charge in [0.05, 0.1) is 16.1 Å². The molecule has 0 saturated carbocycles. The third-order valence-electron chi connectivity index (χ3n) is 3.59. The molecule has 0 fully saturated rings. The molecule has 1 amide bonds. The molecule has 24 heavy (non-hydrogen) atoms. The topological polar surface area (TPSA) is 54.9 Å². The highest BCUT2D eigenvalue weighted by Gasteiger charge is 2.11. The predicted molar refractivity (Wildman–Crippen MR) is 99.9 cm³/mol. The molecule has 4 rings (SSSR count). The monoisotopic (exact) mass is 351 g/mol. The first-order chi connectivity index (χ1) is 11.7. The van der Waals surface area contributed by atoms with Crippen molar-refractivity contribution in [2.45, 2.75) is 6.92 Å². The average molecular weight is 351 g/mol. The molecule has 0 atom stereocenters. The zero-order chi connectivity index (χ0) is 16.5. The van der Waals surface area contributed by atoms with Crippen LogP contribution in [0.15, 0.2) is 53.2 Å². The van der Waals surface area contributed by atoms with Crippen LogP contribution in [0.4, 0.5) is 5.13 Å². The Bertz CT molecular complexity index is 1020. The number of carbonyl (C=O) groups is 1. The molecule has 0 radical (unpaired) electrons. The first-order valence-corrected chi connectivity index (χ1v) is 9.13. The number of pyridine rings is 1. The van der Waals surface area contributed by atoms with Crippen LogP contribution in [0, 0.1) is 6.92 Å². The molecule has 4 aromatic rings. The maximum Gasteiger partial charge on any atom is 0.257 e. The minimum absolute atomic E-state index is 0.174. The quantitative estimate of drug-likeness (QED) is 0.566. The number of hydrogen-bond donors (Lipinski definition) is 1. The van der Waals surface area contributed by atoms with Crippen molar-refractivity contribution >= 4 is 44.6 Å². The highest BCUT2D eigenvalue weighted by atomic mass is 32.1. The van der Waals surface area contributed by atoms with Crippen LogP contribution in [0.2, 0.25) is 0 Å². The molecule has 3 heterocycles. The van der Waals surface area contributed by atoms with E-state index in [0.29, 0.717) is 10.7 Å². The summed E-state index contributed by atoms with van der Waals surface area (Å²) in [5.41, 5.74) is 3.22. The van der Waals surface area contributed by atoms with Crippen LogP contribution in [0.5, 0.6) is 0 Å². The second-order valence-electron chi connectivity index (χ2n) is 5.33. The number of rotatable bonds is 3. The Morgan fingerprint density at radius 1 is 1.08 bits per heavy atom. The number of hydrogen-bond acceptors (Lipinski definition) is 5. The number of anilines is 1. The lowest BCUT2D eigenvalue weighted by Crippen LogP contribution is -2.11. The summed E-state index contributed by atoms with van der Waals surface area (Å²) in [6, 6.07) is 13.5. The van der Waals surface area contributed by atoms with Gasteiger partial charge in [-0.1, -0.05) is 18.2 Å². The predicted octanol–water partition coefficient (Wildman–Crippen LogP) is 4.98. The SMILES string of the molecule is Cc1ccc2ccc(C(=O)Nc3nc(-c4cccs4)cs3)cc2n1. The average Bonchev–Trinajstić information content (AvgIpc) is 3.25. The van der Waals surface area contributed by atoms with Gasteiger partial charge in [-0.3, -0.25) is 15.1 Å². The lowest BCUT2D eigenvalue weighted by Gasteiger charge is -2.04. The number of amides is 1. The van der Waals surface area contributed by atoms with E-state index in [1.807, 2.05) is 60.1 Å². The largest absolute Gasteiger partial charge is 0.298 e. The third kappa shape index (κ3) is 2.93. The van der Waals surface area contributed by atoms with E-state index in [9.17, 15) is 4.79 Å². The van der Waals surface area contributed by atoms with Crippen molar-refractivity contribution in [1.29, 1.82) is 0 Å². The standard InChI is InChI=1S/C18H13N3OS2/c1-11-4-5-12-6-7-13(9-14(12)19-11)17(22)21-18-20-15(10-24-18)16-3-2-8-23-16/h2-10H,1H3,(H,20,21,22). The van der Waals surface area contributed by atoms with Gasteiger partial charge in [0.15, 0.2) is 5.13 Å². The van der Waals surface area contributed by atoms with Crippen LogP contribution in [-0.4, -0.2) is 15.9 Å². The molecule has 118 valence electrons. The second-order valence-corrected chi connectivity index (χ2v) is 7.14. The third-order valence-corrected chi connectivity index (χ3v) is 5.24. The number of carbonyl (C=O) groups excluding carboxylic acids is 1. The molecule has 0 aliphatic rings. The number of aromatic nitrogens is 2. The zero-order valence-corrected chi connectivity index (χ0v) is 14.4. The molecule has 0 saturated heterocycles. The van der Waals surface area contributed by atoms with Crippen molar-refractivity contribution in [2.75, 3.05) is 5.32 Å². The summed E-state index contributed by atoms with van der Waals surface area (Å²) in [5.74, 6) is -0.174. The molecule has 4 nitrogen and oxygen atoms in total. The van der Waals surface area contributed by atoms with Crippen molar-refractivity contribution in [3.05, 3.63) is 64.5 Å². The minimum atomic E-state index is -0.174. The Morgan fingerprint density at radius 2 is 1.96 bits per heavy atom. The van der Waals surface area contributed by atoms with Crippen molar-refractivity contribution in [2.24, 2.45) is 0 Å². The molecule has 0 aliphatic heterocycles. The molecular formula is C18H13N3OS2. The summed E-state index contributed by atoms with van der Waals surface area (Å²) in [6.45, 7) is 1.94. The number of benzene rings is 1. The number of fused-ring (bicyclic) bond motifs is 1. The summed E-state index contributed by atoms with van der Waals surface area (Å²) in [6.07, 6.45) is 0. The van der Waals surface area contributed by atoms with Crippen LogP contribution in [0.25, 0.3) is 21.5 Å². The number of nitrogens with one attached hydrogen (secondary N) is 1. The number of aryl methyl sites for hydroxylation is 1. The van der Waals surface area contributed by atoms with Gasteiger partial charge >= 0.3 is 0 Å². The molecule has 0 unspecified atom stereocenters. The van der Waals surface area contributed by atoms with Crippen LogP contribution in [0.1, 0.15) is 16.1 Å². The second kappa shape index (κ2) is 6.14. The molecule has 3 aromatic heterocycles. The van der Waals surface area contributed by atoms with Crippen LogP contribution < -0.4 is 5.32 Å². The molecule has 1 N–H and O–H groups in total. The first kappa shape index (κ1) is 15.0. The number of thiophene rings is 1. The Morgan fingerprint density at radius 3 is 2.79 bits per heavy atom. The maximum absolute atomic E-state index is 12.5. The van der Waals surface area contributed by atoms with Crippen molar-refractivity contribution in [1.82, 2.24) is 9.97 Å². The fourth-order valence-electron chi connectivity index (χ4n) is 2.40. The van der Waals surface area contributed by atoms with Gasteiger partial charge in [0, 0.05) is 22.0 Å². The van der Waals surface area contributed by atoms with Gasteiger partial charge in [0.2, 0.25) is 0 Å². The highest BCUT2D eigenvalue weighted by Crippen LogP contribution is 2.28. The van der Waals surface area contributed by atoms with E-state index in [0.717, 1.165) is 27.2 Å². The van der Waals surface area contributed by atoms with Crippen molar-refractivity contribution in [3.63, 3.8) is 0 Å². The molecule has 1 aromatic carbocycles. The van der Waals surface area contributed by atoms with Crippen molar-refractivity contribution in [3.8, 4) is 10.6 Å². The van der Waals surface area contributed by atoms with Gasteiger partial charge in [-0.25, -0.2) is 4.98 Å². The molecular weight excluding hydrogens is 338 g/mol. The number of thiazole rings is 1. The zero-order valence-electron chi connectivity index (χ0n) is 12.8. The van der Waals surface area contributed by atoms with Crippen LogP contribution in [-0.2, 0) is 0 Å². The summed E-state index contributed by atoms with van der Waals surface area (Å²) < 4.78 is 0. The summed E-state index contributed by atoms with van der Waals surface area (Å²) in [4.78, 5) is 22.5. The van der Waals surface area contributed by atoms with Crippen LogP contribution >= 0.6 is 22.7 Å². The van der Waals surface area contributed by atoms with Gasteiger partial charge in [-0.2, -0.15) is 0 Å². The van der Waals surface area contributed by atoms with Crippen LogP contribution in [0.3, 0.4) is 0 Å². The Kier molecular flexibility index (Phi) is 3.84. The molecule has 0 bridgehead atoms. The van der Waals surface area contributed by atoms with Gasteiger partial charge < -0.3 is 0 Å². The minimum Gasteiger partial charge on any atom is -0.298 e. The summed E-state index contributed by atoms with van der Waals surface area (Å²) >= 11 is 3.06. The van der Waals surface area contributed by atoms with Gasteiger partial charge in [-0.05, 0) is 36.6 Å². The van der Waals surface area contributed by atoms with E-state index in [2.05, 4.69) is 15.3 Å². The maximum atomic E-state index is 12.5. The first-order valence-electron chi connectivity index (χ1n) is 7.37. The molecule has 0 spiro atoms. The van der Waals surface area contributed by atoms with E-state index in [1.54, 1.807) is 11.3 Å². The molecule has 6 heteroatoms. The van der Waals surface area contributed by atoms with Gasteiger partial charge in [0.1, 0.15) is 0 Å². The summed E-state index contributed by atoms with van der Waals surface area (Å²) in [7, 11) is 0. The lowest BCUT2D eigenvalue weighted by molar-refractivity contribution is 0.102. The Balaban J connectivity index is 1.58. The normalized spacial score (nSPS) is 10.9. The van der Waals surface area contributed by atoms with E-state index in [4.69, 9.17) is 0 Å². The summed E-state index contributed by atoms with van der Waals surface area (Å²) in [5, 5.41) is 8.44. The number of nitrogens with zero attached hydrogens (tertiary/aromatic N) is 2.